The highest BCUT2D eigenvalue weighted by molar-refractivity contribution is 9.10. The van der Waals surface area contributed by atoms with Crippen molar-refractivity contribution in [1.82, 2.24) is 4.98 Å². The quantitative estimate of drug-likeness (QED) is 0.925. The number of benzene rings is 1. The van der Waals surface area contributed by atoms with E-state index in [1.54, 1.807) is 18.3 Å². The van der Waals surface area contributed by atoms with E-state index in [2.05, 4.69) is 26.2 Å². The summed E-state index contributed by atoms with van der Waals surface area (Å²) >= 11 is 3.40. The van der Waals surface area contributed by atoms with Crippen LogP contribution in [0.5, 0.6) is 5.88 Å². The first kappa shape index (κ1) is 14.5. The van der Waals surface area contributed by atoms with Gasteiger partial charge >= 0.3 is 0 Å². The van der Waals surface area contributed by atoms with Crippen LogP contribution in [0.4, 0.5) is 5.69 Å². The molecular formula is C15H15BrN2O2. The predicted molar refractivity (Wildman–Crippen MR) is 82.2 cm³/mol. The Bertz CT molecular complexity index is 629. The zero-order chi connectivity index (χ0) is 14.5. The van der Waals surface area contributed by atoms with E-state index in [9.17, 15) is 4.79 Å². The molecule has 1 aromatic carbocycles. The normalized spacial score (nSPS) is 10.2. The van der Waals surface area contributed by atoms with E-state index in [1.807, 2.05) is 32.0 Å². The van der Waals surface area contributed by atoms with Crippen molar-refractivity contribution in [2.45, 2.75) is 13.8 Å². The summed E-state index contributed by atoms with van der Waals surface area (Å²) < 4.78 is 6.34. The molecule has 1 heterocycles. The van der Waals surface area contributed by atoms with E-state index in [-0.39, 0.29) is 5.91 Å². The Labute approximate surface area is 126 Å². The average molecular weight is 335 g/mol. The number of hydrogen-bond donors (Lipinski definition) is 1. The number of pyridine rings is 1. The van der Waals surface area contributed by atoms with Gasteiger partial charge in [-0.2, -0.15) is 0 Å². The highest BCUT2D eigenvalue weighted by atomic mass is 79.9. The third-order valence-electron chi connectivity index (χ3n) is 2.73. The lowest BCUT2D eigenvalue weighted by atomic mass is 10.2. The van der Waals surface area contributed by atoms with Crippen LogP contribution in [0, 0.1) is 6.92 Å². The molecule has 2 rings (SSSR count). The molecule has 20 heavy (non-hydrogen) atoms. The van der Waals surface area contributed by atoms with Gasteiger partial charge in [-0.3, -0.25) is 4.79 Å². The zero-order valence-corrected chi connectivity index (χ0v) is 12.9. The van der Waals surface area contributed by atoms with E-state index in [1.165, 1.54) is 0 Å². The van der Waals surface area contributed by atoms with E-state index in [0.29, 0.717) is 18.1 Å². The van der Waals surface area contributed by atoms with E-state index >= 15 is 0 Å². The van der Waals surface area contributed by atoms with Crippen LogP contribution in [0.15, 0.2) is 41.0 Å². The molecule has 104 valence electrons. The molecule has 1 N–H and O–H groups in total. The summed E-state index contributed by atoms with van der Waals surface area (Å²) in [4.78, 5) is 16.4. The molecule has 0 radical (unpaired) electrons. The number of halogens is 1. The largest absolute Gasteiger partial charge is 0.477 e. The van der Waals surface area contributed by atoms with Crippen LogP contribution < -0.4 is 10.1 Å². The maximum absolute atomic E-state index is 12.3. The summed E-state index contributed by atoms with van der Waals surface area (Å²) in [5.41, 5.74) is 2.18. The topological polar surface area (TPSA) is 51.2 Å². The molecule has 1 amide bonds. The maximum atomic E-state index is 12.3. The van der Waals surface area contributed by atoms with Crippen LogP contribution in [0.3, 0.4) is 0 Å². The van der Waals surface area contributed by atoms with Crippen LogP contribution in [-0.2, 0) is 0 Å². The van der Waals surface area contributed by atoms with Crippen molar-refractivity contribution in [1.29, 1.82) is 0 Å². The van der Waals surface area contributed by atoms with Crippen molar-refractivity contribution in [2.75, 3.05) is 11.9 Å². The summed E-state index contributed by atoms with van der Waals surface area (Å²) in [6.07, 6.45) is 1.60. The lowest BCUT2D eigenvalue weighted by molar-refractivity contribution is 0.102. The Morgan fingerprint density at radius 1 is 1.40 bits per heavy atom. The van der Waals surface area contributed by atoms with Gasteiger partial charge in [0.2, 0.25) is 5.88 Å². The van der Waals surface area contributed by atoms with E-state index < -0.39 is 0 Å². The molecule has 0 atom stereocenters. The fraction of sp³-hybridized carbons (Fsp3) is 0.200. The molecular weight excluding hydrogens is 320 g/mol. The number of amides is 1. The molecule has 0 aliphatic rings. The number of carbonyl (C=O) groups excluding carboxylic acids is 1. The molecule has 2 aromatic rings. The van der Waals surface area contributed by atoms with Crippen molar-refractivity contribution >= 4 is 27.5 Å². The lowest BCUT2D eigenvalue weighted by Crippen LogP contribution is -2.15. The van der Waals surface area contributed by atoms with Crippen LogP contribution in [0.25, 0.3) is 0 Å². The fourth-order valence-corrected chi connectivity index (χ4v) is 2.25. The number of ether oxygens (including phenoxy) is 1. The predicted octanol–water partition coefficient (Wildman–Crippen LogP) is 3.80. The number of aromatic nitrogens is 1. The van der Waals surface area contributed by atoms with Gasteiger partial charge in [0.15, 0.2) is 0 Å². The Hall–Kier alpha value is -1.88. The summed E-state index contributed by atoms with van der Waals surface area (Å²) in [6.45, 7) is 4.26. The molecule has 0 unspecified atom stereocenters. The minimum Gasteiger partial charge on any atom is -0.477 e. The maximum Gasteiger partial charge on any atom is 0.261 e. The SMILES string of the molecule is CCOc1ncccc1C(=O)Nc1ccc(Br)cc1C. The van der Waals surface area contributed by atoms with Crippen LogP contribution in [0.1, 0.15) is 22.8 Å². The minimum atomic E-state index is -0.230. The molecule has 0 saturated carbocycles. The Balaban J connectivity index is 2.24. The van der Waals surface area contributed by atoms with Crippen molar-refractivity contribution in [3.63, 3.8) is 0 Å². The highest BCUT2D eigenvalue weighted by Crippen LogP contribution is 2.22. The van der Waals surface area contributed by atoms with Gasteiger partial charge in [-0.1, -0.05) is 15.9 Å². The Morgan fingerprint density at radius 2 is 2.20 bits per heavy atom. The van der Waals surface area contributed by atoms with Gasteiger partial charge < -0.3 is 10.1 Å². The van der Waals surface area contributed by atoms with Gasteiger partial charge in [0.1, 0.15) is 5.56 Å². The molecule has 0 aliphatic carbocycles. The smallest absolute Gasteiger partial charge is 0.261 e. The second-order valence-electron chi connectivity index (χ2n) is 4.20. The molecule has 5 heteroatoms. The van der Waals surface area contributed by atoms with Crippen LogP contribution in [-0.4, -0.2) is 17.5 Å². The first-order valence-corrected chi connectivity index (χ1v) is 7.06. The van der Waals surface area contributed by atoms with Gasteiger partial charge in [-0.15, -0.1) is 0 Å². The van der Waals surface area contributed by atoms with Crippen molar-refractivity contribution in [2.24, 2.45) is 0 Å². The van der Waals surface area contributed by atoms with Crippen molar-refractivity contribution in [3.8, 4) is 5.88 Å². The fourth-order valence-electron chi connectivity index (χ4n) is 1.77. The van der Waals surface area contributed by atoms with Crippen molar-refractivity contribution in [3.05, 3.63) is 52.1 Å². The summed E-state index contributed by atoms with van der Waals surface area (Å²) in [5.74, 6) is 0.120. The minimum absolute atomic E-state index is 0.230. The average Bonchev–Trinajstić information content (AvgIpc) is 2.43. The Morgan fingerprint density at radius 3 is 2.90 bits per heavy atom. The number of nitrogens with zero attached hydrogens (tertiary/aromatic N) is 1. The third-order valence-corrected chi connectivity index (χ3v) is 3.23. The molecule has 0 spiro atoms. The number of anilines is 1. The second kappa shape index (κ2) is 6.52. The van der Waals surface area contributed by atoms with Crippen LogP contribution in [0.2, 0.25) is 0 Å². The second-order valence-corrected chi connectivity index (χ2v) is 5.12. The number of aryl methyl sites for hydroxylation is 1. The molecule has 0 saturated heterocycles. The van der Waals surface area contributed by atoms with Crippen molar-refractivity contribution < 1.29 is 9.53 Å². The molecule has 0 bridgehead atoms. The monoisotopic (exact) mass is 334 g/mol. The first-order valence-electron chi connectivity index (χ1n) is 6.27. The van der Waals surface area contributed by atoms with E-state index in [4.69, 9.17) is 4.74 Å². The summed E-state index contributed by atoms with van der Waals surface area (Å²) in [7, 11) is 0. The molecule has 4 nitrogen and oxygen atoms in total. The number of carbonyl (C=O) groups is 1. The number of nitrogens with one attached hydrogen (secondary N) is 1. The van der Waals surface area contributed by atoms with Gasteiger partial charge in [-0.05, 0) is 49.7 Å². The highest BCUT2D eigenvalue weighted by Gasteiger charge is 2.14. The zero-order valence-electron chi connectivity index (χ0n) is 11.3. The lowest BCUT2D eigenvalue weighted by Gasteiger charge is -2.11. The van der Waals surface area contributed by atoms with Crippen LogP contribution >= 0.6 is 15.9 Å². The third kappa shape index (κ3) is 3.36. The summed E-state index contributed by atoms with van der Waals surface area (Å²) in [6, 6.07) is 9.10. The first-order chi connectivity index (χ1) is 9.61. The van der Waals surface area contributed by atoms with Gasteiger partial charge in [0.05, 0.1) is 6.61 Å². The molecule has 0 aliphatic heterocycles. The van der Waals surface area contributed by atoms with E-state index in [0.717, 1.165) is 15.7 Å². The molecule has 1 aromatic heterocycles. The standard InChI is InChI=1S/C15H15BrN2O2/c1-3-20-15-12(5-4-8-17-15)14(19)18-13-7-6-11(16)9-10(13)2/h4-9H,3H2,1-2H3,(H,18,19). The number of rotatable bonds is 4. The van der Waals surface area contributed by atoms with Gasteiger partial charge in [-0.25, -0.2) is 4.98 Å². The Kier molecular flexibility index (Phi) is 4.74. The van der Waals surface area contributed by atoms with Gasteiger partial charge in [0, 0.05) is 16.4 Å². The summed E-state index contributed by atoms with van der Waals surface area (Å²) in [5, 5.41) is 2.87. The van der Waals surface area contributed by atoms with Gasteiger partial charge in [0.25, 0.3) is 5.91 Å². The number of hydrogen-bond acceptors (Lipinski definition) is 3. The molecule has 0 fully saturated rings.